The molecule has 1 aliphatic rings. The normalized spacial score (nSPS) is 13.9. The van der Waals surface area contributed by atoms with E-state index in [1.807, 2.05) is 19.1 Å². The highest BCUT2D eigenvalue weighted by molar-refractivity contribution is 6.31. The number of aryl methyl sites for hydroxylation is 1. The Hall–Kier alpha value is -2.93. The van der Waals surface area contributed by atoms with E-state index in [1.54, 1.807) is 17.0 Å². The fourth-order valence-corrected chi connectivity index (χ4v) is 3.24. The van der Waals surface area contributed by atoms with Crippen molar-refractivity contribution in [3.8, 4) is 0 Å². The van der Waals surface area contributed by atoms with Gasteiger partial charge in [-0.05, 0) is 37.3 Å². The number of hydrogen-bond acceptors (Lipinski definition) is 3. The van der Waals surface area contributed by atoms with Crippen LogP contribution in [0.4, 0.5) is 4.39 Å². The molecular weight excluding hydrogens is 397 g/mol. The summed E-state index contributed by atoms with van der Waals surface area (Å²) in [5, 5.41) is 2.90. The van der Waals surface area contributed by atoms with Crippen molar-refractivity contribution >= 4 is 29.3 Å². The highest BCUT2D eigenvalue weighted by atomic mass is 35.5. The smallest absolute Gasteiger partial charge is 0.257 e. The van der Waals surface area contributed by atoms with E-state index in [9.17, 15) is 18.8 Å². The van der Waals surface area contributed by atoms with E-state index in [2.05, 4.69) is 5.32 Å². The van der Waals surface area contributed by atoms with E-state index >= 15 is 0 Å². The minimum absolute atomic E-state index is 0.0809. The molecule has 6 nitrogen and oxygen atoms in total. The molecule has 0 aromatic heterocycles. The number of nitrogens with zero attached hydrogens (tertiary/aromatic N) is 2. The Labute approximate surface area is 173 Å². The molecule has 8 heteroatoms. The van der Waals surface area contributed by atoms with Gasteiger partial charge in [0, 0.05) is 36.8 Å². The maximum Gasteiger partial charge on any atom is 0.257 e. The van der Waals surface area contributed by atoms with Crippen LogP contribution in [0.15, 0.2) is 42.5 Å². The molecule has 0 spiro atoms. The highest BCUT2D eigenvalue weighted by Crippen LogP contribution is 2.17. The number of carbonyl (C=O) groups excluding carboxylic acids is 3. The van der Waals surface area contributed by atoms with Crippen LogP contribution in [0.3, 0.4) is 0 Å². The van der Waals surface area contributed by atoms with E-state index in [0.29, 0.717) is 18.7 Å². The molecule has 1 heterocycles. The second kappa shape index (κ2) is 9.05. The van der Waals surface area contributed by atoms with Crippen molar-refractivity contribution in [1.82, 2.24) is 15.1 Å². The lowest BCUT2D eigenvalue weighted by Crippen LogP contribution is -2.52. The third kappa shape index (κ3) is 5.12. The predicted octanol–water partition coefficient (Wildman–Crippen LogP) is 2.50. The zero-order valence-corrected chi connectivity index (χ0v) is 16.7. The predicted molar refractivity (Wildman–Crippen MR) is 107 cm³/mol. The van der Waals surface area contributed by atoms with E-state index in [1.165, 1.54) is 17.0 Å². The van der Waals surface area contributed by atoms with Crippen molar-refractivity contribution in [2.45, 2.75) is 6.92 Å². The van der Waals surface area contributed by atoms with Crippen LogP contribution in [0.1, 0.15) is 26.3 Å². The fourth-order valence-electron chi connectivity index (χ4n) is 3.07. The Morgan fingerprint density at radius 1 is 1.00 bits per heavy atom. The van der Waals surface area contributed by atoms with Crippen LogP contribution >= 0.6 is 11.6 Å². The zero-order chi connectivity index (χ0) is 21.0. The Balaban J connectivity index is 1.50. The van der Waals surface area contributed by atoms with E-state index in [-0.39, 0.29) is 42.0 Å². The largest absolute Gasteiger partial charge is 0.343 e. The summed E-state index contributed by atoms with van der Waals surface area (Å²) in [6.45, 7) is 2.99. The number of halogens is 2. The van der Waals surface area contributed by atoms with Gasteiger partial charge in [-0.3, -0.25) is 14.4 Å². The average molecular weight is 418 g/mol. The number of benzene rings is 2. The highest BCUT2D eigenvalue weighted by Gasteiger charge is 2.26. The molecule has 0 bridgehead atoms. The number of amides is 3. The number of piperazine rings is 1. The van der Waals surface area contributed by atoms with Crippen LogP contribution in [-0.2, 0) is 4.79 Å². The Kier molecular flexibility index (Phi) is 6.49. The van der Waals surface area contributed by atoms with Gasteiger partial charge in [0.1, 0.15) is 5.82 Å². The molecule has 0 radical (unpaired) electrons. The molecule has 0 unspecified atom stereocenters. The number of carbonyl (C=O) groups is 3. The molecule has 0 saturated carbocycles. The molecule has 1 aliphatic heterocycles. The Morgan fingerprint density at radius 2 is 1.62 bits per heavy atom. The summed E-state index contributed by atoms with van der Waals surface area (Å²) in [7, 11) is 0. The lowest BCUT2D eigenvalue weighted by atomic mass is 10.1. The van der Waals surface area contributed by atoms with Gasteiger partial charge in [0.25, 0.3) is 11.8 Å². The minimum Gasteiger partial charge on any atom is -0.343 e. The summed E-state index contributed by atoms with van der Waals surface area (Å²) in [6.07, 6.45) is 0. The second-order valence-electron chi connectivity index (χ2n) is 6.85. The fraction of sp³-hybridized carbons (Fsp3) is 0.286. The summed E-state index contributed by atoms with van der Waals surface area (Å²) in [5.74, 6) is -1.63. The lowest BCUT2D eigenvalue weighted by molar-refractivity contribution is -0.131. The third-order valence-electron chi connectivity index (χ3n) is 4.79. The van der Waals surface area contributed by atoms with Crippen molar-refractivity contribution in [1.29, 1.82) is 0 Å². The van der Waals surface area contributed by atoms with Gasteiger partial charge >= 0.3 is 0 Å². The van der Waals surface area contributed by atoms with Gasteiger partial charge in [0.15, 0.2) is 0 Å². The molecule has 29 heavy (non-hydrogen) atoms. The lowest BCUT2D eigenvalue weighted by Gasteiger charge is -2.35. The molecule has 1 N–H and O–H groups in total. The topological polar surface area (TPSA) is 69.7 Å². The molecule has 0 atom stereocenters. The summed E-state index contributed by atoms with van der Waals surface area (Å²) >= 11 is 5.85. The van der Waals surface area contributed by atoms with Crippen LogP contribution in [0.2, 0.25) is 5.02 Å². The van der Waals surface area contributed by atoms with Gasteiger partial charge in [0.05, 0.1) is 12.1 Å². The molecule has 3 amide bonds. The number of hydrogen-bond donors (Lipinski definition) is 1. The van der Waals surface area contributed by atoms with Gasteiger partial charge in [-0.15, -0.1) is 0 Å². The summed E-state index contributed by atoms with van der Waals surface area (Å²) < 4.78 is 13.9. The maximum absolute atomic E-state index is 13.9. The molecular formula is C21H21ClFN3O3. The van der Waals surface area contributed by atoms with Gasteiger partial charge < -0.3 is 15.1 Å². The van der Waals surface area contributed by atoms with Crippen LogP contribution < -0.4 is 5.32 Å². The first-order valence-electron chi connectivity index (χ1n) is 9.22. The second-order valence-corrected chi connectivity index (χ2v) is 7.28. The van der Waals surface area contributed by atoms with Crippen molar-refractivity contribution in [3.63, 3.8) is 0 Å². The molecule has 152 valence electrons. The monoisotopic (exact) mass is 417 g/mol. The molecule has 2 aromatic carbocycles. The summed E-state index contributed by atoms with van der Waals surface area (Å²) in [5.41, 5.74) is 1.45. The first kappa shape index (κ1) is 20.8. The standard InChI is InChI=1S/C21H21ClFN3O3/c1-14-2-4-15(5-3-14)20(28)24-13-19(27)25-8-10-26(11-9-25)21(29)17-12-16(22)6-7-18(17)23/h2-7,12H,8-11,13H2,1H3,(H,24,28). The van der Waals surface area contributed by atoms with Crippen LogP contribution in [0.5, 0.6) is 0 Å². The first-order chi connectivity index (χ1) is 13.8. The van der Waals surface area contributed by atoms with Crippen molar-refractivity contribution in [3.05, 3.63) is 70.0 Å². The Bertz CT molecular complexity index is 925. The van der Waals surface area contributed by atoms with E-state index in [4.69, 9.17) is 11.6 Å². The van der Waals surface area contributed by atoms with Crippen molar-refractivity contribution < 1.29 is 18.8 Å². The first-order valence-corrected chi connectivity index (χ1v) is 9.60. The quantitative estimate of drug-likeness (QED) is 0.831. The van der Waals surface area contributed by atoms with Gasteiger partial charge in [0.2, 0.25) is 5.91 Å². The molecule has 3 rings (SSSR count). The average Bonchev–Trinajstić information content (AvgIpc) is 2.73. The van der Waals surface area contributed by atoms with Crippen molar-refractivity contribution in [2.75, 3.05) is 32.7 Å². The van der Waals surface area contributed by atoms with E-state index in [0.717, 1.165) is 11.6 Å². The summed E-state index contributed by atoms with van der Waals surface area (Å²) in [4.78, 5) is 40.1. The van der Waals surface area contributed by atoms with Gasteiger partial charge in [-0.25, -0.2) is 4.39 Å². The van der Waals surface area contributed by atoms with Crippen LogP contribution in [-0.4, -0.2) is 60.2 Å². The third-order valence-corrected chi connectivity index (χ3v) is 5.03. The minimum atomic E-state index is -0.628. The van der Waals surface area contributed by atoms with Crippen molar-refractivity contribution in [2.24, 2.45) is 0 Å². The molecule has 1 fully saturated rings. The van der Waals surface area contributed by atoms with Crippen LogP contribution in [0, 0.1) is 12.7 Å². The maximum atomic E-state index is 13.9. The van der Waals surface area contributed by atoms with Gasteiger partial charge in [-0.2, -0.15) is 0 Å². The van der Waals surface area contributed by atoms with Crippen LogP contribution in [0.25, 0.3) is 0 Å². The summed E-state index contributed by atoms with van der Waals surface area (Å²) in [6, 6.07) is 10.9. The number of rotatable bonds is 4. The molecule has 2 aromatic rings. The zero-order valence-electron chi connectivity index (χ0n) is 16.0. The molecule has 1 saturated heterocycles. The van der Waals surface area contributed by atoms with Gasteiger partial charge in [-0.1, -0.05) is 29.3 Å². The Morgan fingerprint density at radius 3 is 2.28 bits per heavy atom. The molecule has 0 aliphatic carbocycles. The van der Waals surface area contributed by atoms with E-state index < -0.39 is 11.7 Å². The SMILES string of the molecule is Cc1ccc(C(=O)NCC(=O)N2CCN(C(=O)c3cc(Cl)ccc3F)CC2)cc1. The number of nitrogens with one attached hydrogen (secondary N) is 1.